The largest absolute Gasteiger partial charge is 0.462 e. The number of nitrogens with one attached hydrogen (secondary N) is 1. The van der Waals surface area contributed by atoms with Crippen LogP contribution in [0.25, 0.3) is 0 Å². The van der Waals surface area contributed by atoms with E-state index in [0.29, 0.717) is 69.5 Å². The van der Waals surface area contributed by atoms with Crippen molar-refractivity contribution in [2.24, 2.45) is 0 Å². The molecule has 10 heteroatoms. The third-order valence-electron chi connectivity index (χ3n) is 7.05. The van der Waals surface area contributed by atoms with Crippen molar-refractivity contribution >= 4 is 21.7 Å². The molecule has 0 saturated heterocycles. The van der Waals surface area contributed by atoms with E-state index in [0.717, 1.165) is 37.1 Å². The Bertz CT molecular complexity index is 1180. The second kappa shape index (κ2) is 12.7. The molecule has 202 valence electrons. The number of aromatic nitrogens is 2. The smallest absolute Gasteiger partial charge is 0.338 e. The highest BCUT2D eigenvalue weighted by molar-refractivity contribution is 7.92. The Hall–Kier alpha value is -2.72. The summed E-state index contributed by atoms with van der Waals surface area (Å²) < 4.78 is 38.4. The van der Waals surface area contributed by atoms with Crippen molar-refractivity contribution in [2.45, 2.75) is 81.4 Å². The van der Waals surface area contributed by atoms with Gasteiger partial charge in [0.05, 0.1) is 39.3 Å². The molecule has 1 aromatic heterocycles. The number of hydrogen-bond acceptors (Lipinski definition) is 7. The summed E-state index contributed by atoms with van der Waals surface area (Å²) in [6.07, 6.45) is 6.74. The van der Waals surface area contributed by atoms with Gasteiger partial charge in [-0.1, -0.05) is 19.8 Å². The third kappa shape index (κ3) is 6.59. The van der Waals surface area contributed by atoms with E-state index >= 15 is 0 Å². The lowest BCUT2D eigenvalue weighted by Crippen LogP contribution is -2.26. The van der Waals surface area contributed by atoms with E-state index in [4.69, 9.17) is 9.47 Å². The molecule has 0 unspecified atom stereocenters. The van der Waals surface area contributed by atoms with Gasteiger partial charge in [-0.25, -0.2) is 13.2 Å². The van der Waals surface area contributed by atoms with Crippen LogP contribution in [0, 0.1) is 0 Å². The number of benzene rings is 1. The van der Waals surface area contributed by atoms with E-state index in [1.807, 2.05) is 11.6 Å². The topological polar surface area (TPSA) is 117 Å². The first kappa shape index (κ1) is 27.3. The third-order valence-corrected chi connectivity index (χ3v) is 9.33. The van der Waals surface area contributed by atoms with Crippen LogP contribution in [0.4, 0.5) is 0 Å². The standard InChI is InChI=1S/C27H37N3O6S/c1-2-23-25-24(10-5-17-35-18-6-15-28-26(25)31)30(29-23)16-7-19-36-27(32)20-11-13-22(14-12-20)37(33,34)21-8-3-4-9-21/h11-14,21H,2-10,15-19H2,1H3,(H,28,31). The highest BCUT2D eigenvalue weighted by Crippen LogP contribution is 2.29. The summed E-state index contributed by atoms with van der Waals surface area (Å²) >= 11 is 0. The minimum atomic E-state index is -3.35. The Labute approximate surface area is 218 Å². The van der Waals surface area contributed by atoms with Gasteiger partial charge in [0, 0.05) is 32.7 Å². The molecule has 1 aromatic carbocycles. The molecule has 37 heavy (non-hydrogen) atoms. The Kier molecular flexibility index (Phi) is 9.37. The minimum absolute atomic E-state index is 0.0928. The highest BCUT2D eigenvalue weighted by atomic mass is 32.2. The van der Waals surface area contributed by atoms with Crippen LogP contribution in [0.1, 0.15) is 84.0 Å². The SMILES string of the molecule is CCc1nn(CCCOC(=O)c2ccc(S(=O)(=O)C3CCCC3)cc2)c2c1C(=O)NCCCOCCC2. The zero-order chi connectivity index (χ0) is 26.3. The van der Waals surface area contributed by atoms with E-state index in [1.165, 1.54) is 24.3 Å². The molecular weight excluding hydrogens is 494 g/mol. The number of ether oxygens (including phenoxy) is 2. The van der Waals surface area contributed by atoms with Gasteiger partial charge in [0.1, 0.15) is 0 Å². The first-order valence-electron chi connectivity index (χ1n) is 13.4. The van der Waals surface area contributed by atoms with E-state index in [-0.39, 0.29) is 22.7 Å². The summed E-state index contributed by atoms with van der Waals surface area (Å²) in [5.41, 5.74) is 2.65. The summed E-state index contributed by atoms with van der Waals surface area (Å²) in [5, 5.41) is 7.34. The van der Waals surface area contributed by atoms with E-state index in [2.05, 4.69) is 10.4 Å². The molecule has 2 aliphatic rings. The monoisotopic (exact) mass is 531 g/mol. The van der Waals surface area contributed by atoms with Crippen LogP contribution in [-0.4, -0.2) is 61.7 Å². The first-order valence-corrected chi connectivity index (χ1v) is 14.9. The van der Waals surface area contributed by atoms with Crippen molar-refractivity contribution in [3.8, 4) is 0 Å². The Morgan fingerprint density at radius 3 is 2.59 bits per heavy atom. The summed E-state index contributed by atoms with van der Waals surface area (Å²) in [6, 6.07) is 6.03. The Balaban J connectivity index is 1.35. The molecular formula is C27H37N3O6S. The fourth-order valence-electron chi connectivity index (χ4n) is 5.04. The fourth-order valence-corrected chi connectivity index (χ4v) is 6.90. The number of rotatable bonds is 8. The van der Waals surface area contributed by atoms with Crippen molar-refractivity contribution in [3.05, 3.63) is 46.8 Å². The van der Waals surface area contributed by atoms with Gasteiger partial charge in [0.15, 0.2) is 9.84 Å². The lowest BCUT2D eigenvalue weighted by molar-refractivity contribution is 0.0494. The predicted octanol–water partition coefficient (Wildman–Crippen LogP) is 3.49. The van der Waals surface area contributed by atoms with E-state index in [9.17, 15) is 18.0 Å². The van der Waals surface area contributed by atoms with Crippen LogP contribution < -0.4 is 5.32 Å². The van der Waals surface area contributed by atoms with Crippen molar-refractivity contribution in [1.29, 1.82) is 0 Å². The summed E-state index contributed by atoms with van der Waals surface area (Å²) in [7, 11) is -3.35. The second-order valence-electron chi connectivity index (χ2n) is 9.64. The lowest BCUT2D eigenvalue weighted by Gasteiger charge is -2.12. The fraction of sp³-hybridized carbons (Fsp3) is 0.593. The van der Waals surface area contributed by atoms with Crippen molar-refractivity contribution in [1.82, 2.24) is 15.1 Å². The maximum atomic E-state index is 12.9. The molecule has 0 radical (unpaired) electrons. The van der Waals surface area contributed by atoms with Gasteiger partial charge < -0.3 is 14.8 Å². The van der Waals surface area contributed by atoms with Crippen LogP contribution in [0.2, 0.25) is 0 Å². The maximum Gasteiger partial charge on any atom is 0.338 e. The molecule has 2 heterocycles. The Morgan fingerprint density at radius 2 is 1.86 bits per heavy atom. The van der Waals surface area contributed by atoms with Crippen LogP contribution in [0.3, 0.4) is 0 Å². The van der Waals surface area contributed by atoms with Crippen LogP contribution in [-0.2, 0) is 38.7 Å². The molecule has 1 amide bonds. The molecule has 9 nitrogen and oxygen atoms in total. The highest BCUT2D eigenvalue weighted by Gasteiger charge is 2.30. The van der Waals surface area contributed by atoms with Gasteiger partial charge in [0.25, 0.3) is 5.91 Å². The number of nitrogens with zero attached hydrogens (tertiary/aromatic N) is 2. The molecule has 0 spiro atoms. The zero-order valence-corrected chi connectivity index (χ0v) is 22.4. The van der Waals surface area contributed by atoms with Gasteiger partial charge in [-0.3, -0.25) is 9.48 Å². The number of carbonyl (C=O) groups excluding carboxylic acids is 2. The number of amides is 1. The van der Waals surface area contributed by atoms with Crippen molar-refractivity contribution in [3.63, 3.8) is 0 Å². The van der Waals surface area contributed by atoms with Crippen LogP contribution in [0.15, 0.2) is 29.2 Å². The molecule has 1 fully saturated rings. The molecule has 1 N–H and O–H groups in total. The predicted molar refractivity (Wildman–Crippen MR) is 138 cm³/mol. The normalized spacial score (nSPS) is 17.6. The molecule has 2 aromatic rings. The van der Waals surface area contributed by atoms with Crippen LogP contribution >= 0.6 is 0 Å². The van der Waals surface area contributed by atoms with Gasteiger partial charge in [0.2, 0.25) is 0 Å². The summed E-state index contributed by atoms with van der Waals surface area (Å²) in [4.78, 5) is 25.6. The molecule has 1 aliphatic heterocycles. The van der Waals surface area contributed by atoms with Crippen molar-refractivity contribution < 1.29 is 27.5 Å². The lowest BCUT2D eigenvalue weighted by atomic mass is 10.1. The molecule has 1 aliphatic carbocycles. The number of fused-ring (bicyclic) bond motifs is 1. The average Bonchev–Trinajstić information content (AvgIpc) is 3.56. The van der Waals surface area contributed by atoms with Gasteiger partial charge >= 0.3 is 5.97 Å². The molecule has 0 bridgehead atoms. The van der Waals surface area contributed by atoms with Gasteiger partial charge in [-0.05, 0) is 62.8 Å². The van der Waals surface area contributed by atoms with Crippen molar-refractivity contribution in [2.75, 3.05) is 26.4 Å². The number of sulfone groups is 1. The number of carbonyl (C=O) groups is 2. The summed E-state index contributed by atoms with van der Waals surface area (Å²) in [5.74, 6) is -0.583. The molecule has 0 atom stereocenters. The zero-order valence-electron chi connectivity index (χ0n) is 21.5. The average molecular weight is 532 g/mol. The summed E-state index contributed by atoms with van der Waals surface area (Å²) in [6.45, 7) is 4.53. The number of hydrogen-bond donors (Lipinski definition) is 1. The number of aryl methyl sites for hydroxylation is 2. The van der Waals surface area contributed by atoms with Gasteiger partial charge in [-0.2, -0.15) is 5.10 Å². The maximum absolute atomic E-state index is 12.9. The first-order chi connectivity index (χ1) is 17.9. The van der Waals surface area contributed by atoms with E-state index < -0.39 is 15.8 Å². The molecule has 4 rings (SSSR count). The minimum Gasteiger partial charge on any atom is -0.462 e. The van der Waals surface area contributed by atoms with Gasteiger partial charge in [-0.15, -0.1) is 0 Å². The number of esters is 1. The van der Waals surface area contributed by atoms with Crippen LogP contribution in [0.5, 0.6) is 0 Å². The second-order valence-corrected chi connectivity index (χ2v) is 11.9. The van der Waals surface area contributed by atoms with E-state index in [1.54, 1.807) is 0 Å². The molecule has 1 saturated carbocycles. The quantitative estimate of drug-likeness (QED) is 0.409. The Morgan fingerprint density at radius 1 is 1.14 bits per heavy atom.